The van der Waals surface area contributed by atoms with E-state index in [0.29, 0.717) is 16.7 Å². The molecule has 0 saturated carbocycles. The molecule has 28 heavy (non-hydrogen) atoms. The average Bonchev–Trinajstić information content (AvgIpc) is 2.68. The summed E-state index contributed by atoms with van der Waals surface area (Å²) in [7, 11) is 0. The standard InChI is InChI=1S/C21H15Br2FN2O2/c22-16-5-1-3-14(11-16)20(27)25-19(13-7-9-18(24)10-8-13)26-21(28)15-4-2-6-17(23)12-15/h1-12,19H,(H,25,27)(H,26,28). The molecule has 0 unspecified atom stereocenters. The van der Waals surface area contributed by atoms with Crippen molar-refractivity contribution in [3.8, 4) is 0 Å². The van der Waals surface area contributed by atoms with Gasteiger partial charge in [-0.2, -0.15) is 0 Å². The van der Waals surface area contributed by atoms with Crippen LogP contribution in [0.15, 0.2) is 81.7 Å². The molecule has 0 aliphatic heterocycles. The number of rotatable bonds is 5. The van der Waals surface area contributed by atoms with E-state index in [-0.39, 0.29) is 11.8 Å². The Bertz CT molecular complexity index is 950. The van der Waals surface area contributed by atoms with Gasteiger partial charge in [-0.05, 0) is 54.1 Å². The summed E-state index contributed by atoms with van der Waals surface area (Å²) in [5.41, 5.74) is 1.41. The molecule has 0 aromatic heterocycles. The topological polar surface area (TPSA) is 58.2 Å². The second kappa shape index (κ2) is 9.12. The Morgan fingerprint density at radius 2 is 1.21 bits per heavy atom. The molecule has 142 valence electrons. The lowest BCUT2D eigenvalue weighted by Crippen LogP contribution is -2.41. The van der Waals surface area contributed by atoms with Crippen LogP contribution in [0.5, 0.6) is 0 Å². The number of carbonyl (C=O) groups excluding carboxylic acids is 2. The molecular formula is C21H15Br2FN2O2. The van der Waals surface area contributed by atoms with Crippen LogP contribution in [0, 0.1) is 5.82 Å². The Morgan fingerprint density at radius 3 is 1.64 bits per heavy atom. The molecule has 0 radical (unpaired) electrons. The number of nitrogens with one attached hydrogen (secondary N) is 2. The Hall–Kier alpha value is -2.51. The third-order valence-corrected chi connectivity index (χ3v) is 4.91. The molecule has 0 atom stereocenters. The minimum Gasteiger partial charge on any atom is -0.328 e. The van der Waals surface area contributed by atoms with E-state index in [1.807, 2.05) is 12.1 Å². The maximum absolute atomic E-state index is 13.3. The van der Waals surface area contributed by atoms with Crippen molar-refractivity contribution in [2.75, 3.05) is 0 Å². The van der Waals surface area contributed by atoms with Crippen molar-refractivity contribution in [1.82, 2.24) is 10.6 Å². The second-order valence-corrected chi connectivity index (χ2v) is 7.78. The van der Waals surface area contributed by atoms with Gasteiger partial charge in [-0.15, -0.1) is 0 Å². The Labute approximate surface area is 178 Å². The van der Waals surface area contributed by atoms with E-state index in [4.69, 9.17) is 0 Å². The van der Waals surface area contributed by atoms with Gasteiger partial charge in [-0.25, -0.2) is 4.39 Å². The summed E-state index contributed by atoms with van der Waals surface area (Å²) in [4.78, 5) is 25.3. The quantitative estimate of drug-likeness (QED) is 0.467. The van der Waals surface area contributed by atoms with E-state index in [9.17, 15) is 14.0 Å². The van der Waals surface area contributed by atoms with Gasteiger partial charge in [-0.1, -0.05) is 56.1 Å². The van der Waals surface area contributed by atoms with Crippen LogP contribution in [0.25, 0.3) is 0 Å². The second-order valence-electron chi connectivity index (χ2n) is 5.95. The zero-order valence-corrected chi connectivity index (χ0v) is 17.6. The minimum atomic E-state index is -0.835. The van der Waals surface area contributed by atoms with Gasteiger partial charge in [-0.3, -0.25) is 9.59 Å². The van der Waals surface area contributed by atoms with Crippen LogP contribution < -0.4 is 10.6 Å². The van der Waals surface area contributed by atoms with Gasteiger partial charge >= 0.3 is 0 Å². The molecule has 0 bridgehead atoms. The predicted molar refractivity (Wildman–Crippen MR) is 112 cm³/mol. The summed E-state index contributed by atoms with van der Waals surface area (Å²) in [6, 6.07) is 19.4. The number of hydrogen-bond donors (Lipinski definition) is 2. The highest BCUT2D eigenvalue weighted by Gasteiger charge is 2.19. The first-order valence-corrected chi connectivity index (χ1v) is 9.89. The average molecular weight is 506 g/mol. The molecule has 0 spiro atoms. The summed E-state index contributed by atoms with van der Waals surface area (Å²) >= 11 is 6.66. The van der Waals surface area contributed by atoms with E-state index in [2.05, 4.69) is 42.5 Å². The lowest BCUT2D eigenvalue weighted by molar-refractivity contribution is 0.0883. The number of halogens is 3. The fraction of sp³-hybridized carbons (Fsp3) is 0.0476. The zero-order valence-electron chi connectivity index (χ0n) is 14.5. The van der Waals surface area contributed by atoms with E-state index < -0.39 is 12.0 Å². The normalized spacial score (nSPS) is 10.6. The van der Waals surface area contributed by atoms with E-state index in [1.165, 1.54) is 24.3 Å². The summed E-state index contributed by atoms with van der Waals surface area (Å²) in [5, 5.41) is 5.57. The van der Waals surface area contributed by atoms with Crippen LogP contribution in [0.1, 0.15) is 32.4 Å². The Morgan fingerprint density at radius 1 is 0.750 bits per heavy atom. The smallest absolute Gasteiger partial charge is 0.253 e. The molecule has 0 saturated heterocycles. The minimum absolute atomic E-state index is 0.370. The number of amides is 2. The SMILES string of the molecule is O=C(NC(NC(=O)c1cccc(Br)c1)c1ccc(F)cc1)c1cccc(Br)c1. The van der Waals surface area contributed by atoms with E-state index in [1.54, 1.807) is 36.4 Å². The van der Waals surface area contributed by atoms with Crippen LogP contribution in [-0.2, 0) is 0 Å². The van der Waals surface area contributed by atoms with E-state index >= 15 is 0 Å². The number of carbonyl (C=O) groups is 2. The first-order chi connectivity index (χ1) is 13.4. The molecule has 0 aliphatic carbocycles. The van der Waals surface area contributed by atoms with Crippen molar-refractivity contribution >= 4 is 43.7 Å². The molecule has 3 rings (SSSR count). The lowest BCUT2D eigenvalue weighted by atomic mass is 10.1. The van der Waals surface area contributed by atoms with Crippen LogP contribution in [0.3, 0.4) is 0 Å². The van der Waals surface area contributed by atoms with Gasteiger partial charge in [0.2, 0.25) is 0 Å². The third-order valence-electron chi connectivity index (χ3n) is 3.93. The highest BCUT2D eigenvalue weighted by atomic mass is 79.9. The van der Waals surface area contributed by atoms with Gasteiger partial charge in [0.1, 0.15) is 12.0 Å². The monoisotopic (exact) mass is 504 g/mol. The molecule has 7 heteroatoms. The number of hydrogen-bond acceptors (Lipinski definition) is 2. The van der Waals surface area contributed by atoms with Crippen LogP contribution >= 0.6 is 31.9 Å². The van der Waals surface area contributed by atoms with Gasteiger partial charge in [0, 0.05) is 20.1 Å². The highest BCUT2D eigenvalue weighted by molar-refractivity contribution is 9.10. The molecule has 3 aromatic carbocycles. The molecule has 0 heterocycles. The third kappa shape index (κ3) is 5.27. The van der Waals surface area contributed by atoms with Gasteiger partial charge in [0.25, 0.3) is 11.8 Å². The maximum atomic E-state index is 13.3. The maximum Gasteiger partial charge on any atom is 0.253 e. The van der Waals surface area contributed by atoms with Crippen LogP contribution in [0.4, 0.5) is 4.39 Å². The molecule has 0 fully saturated rings. The molecule has 3 aromatic rings. The summed E-state index contributed by atoms with van der Waals surface area (Å²) < 4.78 is 14.8. The molecular weight excluding hydrogens is 491 g/mol. The highest BCUT2D eigenvalue weighted by Crippen LogP contribution is 2.17. The summed E-state index contributed by atoms with van der Waals surface area (Å²) in [5.74, 6) is -1.14. The molecule has 4 nitrogen and oxygen atoms in total. The lowest BCUT2D eigenvalue weighted by Gasteiger charge is -2.21. The van der Waals surface area contributed by atoms with Crippen molar-refractivity contribution in [3.05, 3.63) is 104 Å². The Kier molecular flexibility index (Phi) is 6.59. The Balaban J connectivity index is 1.85. The van der Waals surface area contributed by atoms with Crippen LogP contribution in [0.2, 0.25) is 0 Å². The fourth-order valence-electron chi connectivity index (χ4n) is 2.55. The molecule has 2 amide bonds. The first kappa shape index (κ1) is 20.2. The van der Waals surface area contributed by atoms with Crippen LogP contribution in [-0.4, -0.2) is 11.8 Å². The summed E-state index contributed by atoms with van der Waals surface area (Å²) in [6.07, 6.45) is -0.835. The van der Waals surface area contributed by atoms with Gasteiger partial charge in [0.15, 0.2) is 0 Å². The van der Waals surface area contributed by atoms with Gasteiger partial charge in [0.05, 0.1) is 0 Å². The first-order valence-electron chi connectivity index (χ1n) is 8.31. The molecule has 2 N–H and O–H groups in total. The van der Waals surface area contributed by atoms with Crippen molar-refractivity contribution < 1.29 is 14.0 Å². The van der Waals surface area contributed by atoms with Gasteiger partial charge < -0.3 is 10.6 Å². The van der Waals surface area contributed by atoms with Crippen molar-refractivity contribution in [3.63, 3.8) is 0 Å². The van der Waals surface area contributed by atoms with Crippen molar-refractivity contribution in [2.45, 2.75) is 6.17 Å². The largest absolute Gasteiger partial charge is 0.328 e. The van der Waals surface area contributed by atoms with Crippen molar-refractivity contribution in [2.24, 2.45) is 0 Å². The fourth-order valence-corrected chi connectivity index (χ4v) is 3.34. The van der Waals surface area contributed by atoms with Crippen molar-refractivity contribution in [1.29, 1.82) is 0 Å². The summed E-state index contributed by atoms with van der Waals surface area (Å²) in [6.45, 7) is 0. The van der Waals surface area contributed by atoms with E-state index in [0.717, 1.165) is 8.95 Å². The number of benzene rings is 3. The molecule has 0 aliphatic rings. The zero-order chi connectivity index (χ0) is 20.1. The predicted octanol–water partition coefficient (Wildman–Crippen LogP) is 5.21.